The van der Waals surface area contributed by atoms with E-state index in [4.69, 9.17) is 5.84 Å². The number of nitrogen functional groups attached to an aromatic ring is 1. The van der Waals surface area contributed by atoms with Crippen molar-refractivity contribution >= 4 is 33.3 Å². The highest BCUT2D eigenvalue weighted by atomic mass is 32.1. The minimum atomic E-state index is 0.507. The lowest BCUT2D eigenvalue weighted by atomic mass is 9.95. The molecule has 1 aliphatic heterocycles. The molecule has 0 saturated carbocycles. The average Bonchev–Trinajstić information content (AvgIpc) is 2.91. The molecule has 2 atom stereocenters. The van der Waals surface area contributed by atoms with E-state index in [1.807, 2.05) is 0 Å². The first kappa shape index (κ1) is 14.5. The van der Waals surface area contributed by atoms with Crippen LogP contribution in [0.15, 0.2) is 6.07 Å². The number of hydrazine groups is 1. The molecule has 114 valence electrons. The standard InChI is InChI=1S/C15H23N5S/c1-4-11-7-12-13(17-15(19-16)18-14(12)21-11)20-8-9(2)5-6-10(20)3/h7,9-10H,4-6,8,16H2,1-3H3,(H,17,18,19). The van der Waals surface area contributed by atoms with Gasteiger partial charge in [-0.15, -0.1) is 11.3 Å². The molecular weight excluding hydrogens is 282 g/mol. The molecule has 2 aromatic rings. The number of aryl methyl sites for hydroxylation is 1. The van der Waals surface area contributed by atoms with Crippen LogP contribution in [-0.2, 0) is 6.42 Å². The predicted molar refractivity (Wildman–Crippen MR) is 89.8 cm³/mol. The molecule has 0 spiro atoms. The van der Waals surface area contributed by atoms with Crippen LogP contribution in [0, 0.1) is 5.92 Å². The quantitative estimate of drug-likeness (QED) is 0.673. The fourth-order valence-corrected chi connectivity index (χ4v) is 3.96. The van der Waals surface area contributed by atoms with Crippen LogP contribution in [0.4, 0.5) is 11.8 Å². The highest BCUT2D eigenvalue weighted by Gasteiger charge is 2.26. The number of aromatic nitrogens is 2. The number of hydrogen-bond acceptors (Lipinski definition) is 6. The average molecular weight is 305 g/mol. The number of nitrogens with zero attached hydrogens (tertiary/aromatic N) is 3. The molecule has 3 N–H and O–H groups in total. The minimum Gasteiger partial charge on any atom is -0.353 e. The van der Waals surface area contributed by atoms with Gasteiger partial charge in [0, 0.05) is 17.5 Å². The number of thiophene rings is 1. The van der Waals surface area contributed by atoms with Crippen molar-refractivity contribution in [3.05, 3.63) is 10.9 Å². The zero-order valence-corrected chi connectivity index (χ0v) is 13.7. The third kappa shape index (κ3) is 2.70. The summed E-state index contributed by atoms with van der Waals surface area (Å²) >= 11 is 1.73. The molecule has 0 aromatic carbocycles. The van der Waals surface area contributed by atoms with Crippen LogP contribution in [0.1, 0.15) is 38.5 Å². The monoisotopic (exact) mass is 305 g/mol. The van der Waals surface area contributed by atoms with Crippen molar-refractivity contribution in [2.45, 2.75) is 46.1 Å². The molecular formula is C15H23N5S. The summed E-state index contributed by atoms with van der Waals surface area (Å²) in [5, 5.41) is 1.16. The molecule has 2 unspecified atom stereocenters. The highest BCUT2D eigenvalue weighted by Crippen LogP contribution is 2.35. The van der Waals surface area contributed by atoms with Crippen molar-refractivity contribution in [3.8, 4) is 0 Å². The van der Waals surface area contributed by atoms with Crippen LogP contribution in [0.25, 0.3) is 10.2 Å². The molecule has 1 fully saturated rings. The van der Waals surface area contributed by atoms with Gasteiger partial charge in [0.2, 0.25) is 5.95 Å². The Morgan fingerprint density at radius 1 is 1.38 bits per heavy atom. The highest BCUT2D eigenvalue weighted by molar-refractivity contribution is 7.18. The smallest absolute Gasteiger partial charge is 0.240 e. The molecule has 6 heteroatoms. The molecule has 0 amide bonds. The molecule has 5 nitrogen and oxygen atoms in total. The number of hydrogen-bond donors (Lipinski definition) is 2. The molecule has 0 bridgehead atoms. The molecule has 3 rings (SSSR count). The predicted octanol–water partition coefficient (Wildman–Crippen LogP) is 3.16. The zero-order chi connectivity index (χ0) is 15.0. The van der Waals surface area contributed by atoms with Crippen molar-refractivity contribution in [1.82, 2.24) is 9.97 Å². The van der Waals surface area contributed by atoms with Gasteiger partial charge in [-0.25, -0.2) is 10.8 Å². The summed E-state index contributed by atoms with van der Waals surface area (Å²) in [4.78, 5) is 14.0. The first-order chi connectivity index (χ1) is 10.1. The largest absolute Gasteiger partial charge is 0.353 e. The summed E-state index contributed by atoms with van der Waals surface area (Å²) < 4.78 is 0. The first-order valence-electron chi connectivity index (χ1n) is 7.66. The number of fused-ring (bicyclic) bond motifs is 1. The summed E-state index contributed by atoms with van der Waals surface area (Å²) in [6.45, 7) is 7.81. The maximum Gasteiger partial charge on any atom is 0.240 e. The van der Waals surface area contributed by atoms with Crippen LogP contribution in [0.2, 0.25) is 0 Å². The van der Waals surface area contributed by atoms with Gasteiger partial charge >= 0.3 is 0 Å². The Bertz CT molecular complexity index is 638. The van der Waals surface area contributed by atoms with Gasteiger partial charge in [-0.2, -0.15) is 4.98 Å². The van der Waals surface area contributed by atoms with E-state index in [1.165, 1.54) is 17.7 Å². The minimum absolute atomic E-state index is 0.507. The topological polar surface area (TPSA) is 67.1 Å². The summed E-state index contributed by atoms with van der Waals surface area (Å²) in [5.74, 6) is 7.79. The Hall–Kier alpha value is -1.40. The summed E-state index contributed by atoms with van der Waals surface area (Å²) in [6.07, 6.45) is 3.53. The van der Waals surface area contributed by atoms with E-state index < -0.39 is 0 Å². The van der Waals surface area contributed by atoms with Gasteiger partial charge in [0.15, 0.2) is 0 Å². The first-order valence-corrected chi connectivity index (χ1v) is 8.47. The lowest BCUT2D eigenvalue weighted by Crippen LogP contribution is -2.41. The SMILES string of the molecule is CCc1cc2c(N3CC(C)CCC3C)nc(NN)nc2s1. The van der Waals surface area contributed by atoms with Crippen LogP contribution in [0.5, 0.6) is 0 Å². The second kappa shape index (κ2) is 5.77. The maximum absolute atomic E-state index is 5.55. The van der Waals surface area contributed by atoms with E-state index in [0.29, 0.717) is 17.9 Å². The van der Waals surface area contributed by atoms with Crippen molar-refractivity contribution in [2.24, 2.45) is 11.8 Å². The Labute approximate surface area is 129 Å². The zero-order valence-electron chi connectivity index (χ0n) is 12.9. The molecule has 1 saturated heterocycles. The fraction of sp³-hybridized carbons (Fsp3) is 0.600. The number of nitrogens with two attached hydrogens (primary N) is 1. The van der Waals surface area contributed by atoms with Gasteiger partial charge in [0.1, 0.15) is 10.6 Å². The second-order valence-electron chi connectivity index (χ2n) is 5.98. The lowest BCUT2D eigenvalue weighted by Gasteiger charge is -2.38. The van der Waals surface area contributed by atoms with Crippen molar-refractivity contribution in [2.75, 3.05) is 16.9 Å². The van der Waals surface area contributed by atoms with Gasteiger partial charge < -0.3 is 4.90 Å². The number of anilines is 2. The Balaban J connectivity index is 2.12. The van der Waals surface area contributed by atoms with Gasteiger partial charge in [-0.05, 0) is 38.2 Å². The van der Waals surface area contributed by atoms with Crippen molar-refractivity contribution < 1.29 is 0 Å². The van der Waals surface area contributed by atoms with Gasteiger partial charge in [-0.1, -0.05) is 13.8 Å². The van der Waals surface area contributed by atoms with Crippen molar-refractivity contribution in [3.63, 3.8) is 0 Å². The summed E-state index contributed by atoms with van der Waals surface area (Å²) in [6, 6.07) is 2.75. The second-order valence-corrected chi connectivity index (χ2v) is 7.10. The van der Waals surface area contributed by atoms with Crippen LogP contribution < -0.4 is 16.2 Å². The van der Waals surface area contributed by atoms with E-state index >= 15 is 0 Å². The Kier molecular flexibility index (Phi) is 3.99. The number of nitrogens with one attached hydrogen (secondary N) is 1. The van der Waals surface area contributed by atoms with E-state index in [2.05, 4.69) is 47.1 Å². The molecule has 21 heavy (non-hydrogen) atoms. The van der Waals surface area contributed by atoms with E-state index in [1.54, 1.807) is 11.3 Å². The molecule has 3 heterocycles. The number of rotatable bonds is 3. The van der Waals surface area contributed by atoms with Crippen LogP contribution >= 0.6 is 11.3 Å². The molecule has 0 radical (unpaired) electrons. The van der Waals surface area contributed by atoms with Crippen LogP contribution in [0.3, 0.4) is 0 Å². The fourth-order valence-electron chi connectivity index (χ4n) is 3.00. The Morgan fingerprint density at radius 2 is 2.19 bits per heavy atom. The summed E-state index contributed by atoms with van der Waals surface area (Å²) in [5.41, 5.74) is 2.61. The molecule has 2 aromatic heterocycles. The third-order valence-electron chi connectivity index (χ3n) is 4.29. The van der Waals surface area contributed by atoms with Gasteiger partial charge in [-0.3, -0.25) is 5.43 Å². The molecule has 1 aliphatic rings. The maximum atomic E-state index is 5.55. The van der Waals surface area contributed by atoms with Gasteiger partial charge in [0.05, 0.1) is 5.39 Å². The van der Waals surface area contributed by atoms with Crippen molar-refractivity contribution in [1.29, 1.82) is 0 Å². The van der Waals surface area contributed by atoms with Crippen LogP contribution in [-0.4, -0.2) is 22.6 Å². The third-order valence-corrected chi connectivity index (χ3v) is 5.46. The van der Waals surface area contributed by atoms with Gasteiger partial charge in [0.25, 0.3) is 0 Å². The van der Waals surface area contributed by atoms with E-state index in [0.717, 1.165) is 29.0 Å². The lowest BCUT2D eigenvalue weighted by molar-refractivity contribution is 0.389. The van der Waals surface area contributed by atoms with E-state index in [9.17, 15) is 0 Å². The molecule has 0 aliphatic carbocycles. The van der Waals surface area contributed by atoms with E-state index in [-0.39, 0.29) is 0 Å². The summed E-state index contributed by atoms with van der Waals surface area (Å²) in [7, 11) is 0. The number of piperidine rings is 1. The normalized spacial score (nSPS) is 22.8. The Morgan fingerprint density at radius 3 is 2.90 bits per heavy atom.